The Morgan fingerprint density at radius 2 is 1.85 bits per heavy atom. The van der Waals surface area contributed by atoms with Crippen LogP contribution in [0.15, 0.2) is 67.0 Å². The monoisotopic (exact) mass is 454 g/mol. The van der Waals surface area contributed by atoms with E-state index >= 15 is 0 Å². The SMILES string of the molecule is O=C(NCc1cccnc1)Nc1ccc(-c2n[nH]c3cccc(CCN4CCCCC4)c23)cc1. The molecule has 7 nitrogen and oxygen atoms in total. The molecule has 1 saturated heterocycles. The first-order valence-electron chi connectivity index (χ1n) is 12.0. The van der Waals surface area contributed by atoms with Gasteiger partial charge in [-0.3, -0.25) is 10.1 Å². The first-order chi connectivity index (χ1) is 16.8. The summed E-state index contributed by atoms with van der Waals surface area (Å²) < 4.78 is 0. The van der Waals surface area contributed by atoms with Gasteiger partial charge in [0.2, 0.25) is 0 Å². The van der Waals surface area contributed by atoms with Crippen molar-refractivity contribution in [3.63, 3.8) is 0 Å². The van der Waals surface area contributed by atoms with Crippen LogP contribution in [0.25, 0.3) is 22.2 Å². The highest BCUT2D eigenvalue weighted by Crippen LogP contribution is 2.30. The van der Waals surface area contributed by atoms with Crippen LogP contribution >= 0.6 is 0 Å². The van der Waals surface area contributed by atoms with Crippen LogP contribution in [0.4, 0.5) is 10.5 Å². The number of benzene rings is 2. The highest BCUT2D eigenvalue weighted by Gasteiger charge is 2.15. The van der Waals surface area contributed by atoms with E-state index in [9.17, 15) is 4.79 Å². The largest absolute Gasteiger partial charge is 0.334 e. The second-order valence-electron chi connectivity index (χ2n) is 8.81. The summed E-state index contributed by atoms with van der Waals surface area (Å²) in [4.78, 5) is 18.9. The number of pyridine rings is 1. The zero-order valence-electron chi connectivity index (χ0n) is 19.3. The Morgan fingerprint density at radius 1 is 1.00 bits per heavy atom. The van der Waals surface area contributed by atoms with Gasteiger partial charge in [0.05, 0.1) is 5.52 Å². The normalized spacial score (nSPS) is 14.2. The maximum atomic E-state index is 12.3. The molecule has 0 saturated carbocycles. The van der Waals surface area contributed by atoms with Gasteiger partial charge in [-0.05, 0) is 67.7 Å². The Kier molecular flexibility index (Phi) is 6.81. The summed E-state index contributed by atoms with van der Waals surface area (Å²) in [5.74, 6) is 0. The van der Waals surface area contributed by atoms with E-state index in [1.807, 2.05) is 36.4 Å². The zero-order valence-corrected chi connectivity index (χ0v) is 19.3. The summed E-state index contributed by atoms with van der Waals surface area (Å²) in [6.07, 6.45) is 8.44. The number of hydrogen-bond acceptors (Lipinski definition) is 4. The van der Waals surface area contributed by atoms with E-state index in [1.165, 1.54) is 43.3 Å². The van der Waals surface area contributed by atoms with Crippen LogP contribution in [0.1, 0.15) is 30.4 Å². The van der Waals surface area contributed by atoms with Gasteiger partial charge in [0.1, 0.15) is 5.69 Å². The van der Waals surface area contributed by atoms with Crippen LogP contribution in [0, 0.1) is 0 Å². The molecule has 0 radical (unpaired) electrons. The third-order valence-electron chi connectivity index (χ3n) is 6.41. The number of amides is 2. The number of anilines is 1. The maximum absolute atomic E-state index is 12.3. The number of aromatic amines is 1. The fourth-order valence-corrected chi connectivity index (χ4v) is 4.60. The molecule has 0 spiro atoms. The number of hydrogen-bond donors (Lipinski definition) is 3. The Morgan fingerprint density at radius 3 is 2.65 bits per heavy atom. The molecule has 1 aliphatic rings. The predicted octanol–water partition coefficient (Wildman–Crippen LogP) is 4.98. The molecule has 3 heterocycles. The van der Waals surface area contributed by atoms with Gasteiger partial charge < -0.3 is 15.5 Å². The Hall–Kier alpha value is -3.71. The predicted molar refractivity (Wildman–Crippen MR) is 136 cm³/mol. The molecule has 2 aromatic carbocycles. The van der Waals surface area contributed by atoms with Crippen LogP contribution in [0.2, 0.25) is 0 Å². The summed E-state index contributed by atoms with van der Waals surface area (Å²) in [5.41, 5.74) is 6.05. The summed E-state index contributed by atoms with van der Waals surface area (Å²) >= 11 is 0. The first-order valence-corrected chi connectivity index (χ1v) is 12.0. The zero-order chi connectivity index (χ0) is 23.2. The topological polar surface area (TPSA) is 85.9 Å². The average molecular weight is 455 g/mol. The van der Waals surface area contributed by atoms with Crippen LogP contribution in [0.3, 0.4) is 0 Å². The van der Waals surface area contributed by atoms with Crippen LogP contribution < -0.4 is 10.6 Å². The molecule has 2 amide bonds. The fraction of sp³-hybridized carbons (Fsp3) is 0.296. The minimum absolute atomic E-state index is 0.248. The van der Waals surface area contributed by atoms with Gasteiger partial charge >= 0.3 is 6.03 Å². The van der Waals surface area contributed by atoms with Gasteiger partial charge in [-0.2, -0.15) is 5.10 Å². The van der Waals surface area contributed by atoms with Crippen LogP contribution in [0.5, 0.6) is 0 Å². The van der Waals surface area contributed by atoms with E-state index in [0.717, 1.165) is 41.0 Å². The first kappa shape index (κ1) is 22.1. The number of likely N-dealkylation sites (tertiary alicyclic amines) is 1. The number of piperidine rings is 1. The van der Waals surface area contributed by atoms with Gasteiger partial charge in [0.15, 0.2) is 0 Å². The van der Waals surface area contributed by atoms with Crippen molar-refractivity contribution >= 4 is 22.6 Å². The van der Waals surface area contributed by atoms with Crippen molar-refractivity contribution in [2.24, 2.45) is 0 Å². The van der Waals surface area contributed by atoms with Crippen molar-refractivity contribution in [1.29, 1.82) is 0 Å². The molecule has 0 bridgehead atoms. The number of carbonyl (C=O) groups is 1. The molecule has 0 atom stereocenters. The van der Waals surface area contributed by atoms with E-state index in [-0.39, 0.29) is 6.03 Å². The molecule has 0 aliphatic carbocycles. The summed E-state index contributed by atoms with van der Waals surface area (Å²) in [6.45, 7) is 3.93. The highest BCUT2D eigenvalue weighted by atomic mass is 16.2. The lowest BCUT2D eigenvalue weighted by molar-refractivity contribution is 0.231. The van der Waals surface area contributed by atoms with Crippen molar-refractivity contribution in [3.05, 3.63) is 78.1 Å². The second kappa shape index (κ2) is 10.5. The molecular formula is C27H30N6O. The van der Waals surface area contributed by atoms with Crippen LogP contribution in [-0.2, 0) is 13.0 Å². The van der Waals surface area contributed by atoms with E-state index in [0.29, 0.717) is 6.54 Å². The molecule has 2 aromatic heterocycles. The molecule has 1 fully saturated rings. The number of rotatable bonds is 7. The third kappa shape index (κ3) is 5.26. The van der Waals surface area contributed by atoms with E-state index in [4.69, 9.17) is 0 Å². The standard InChI is InChI=1S/C27H30N6O/c34-27(29-19-20-6-5-14-28-18-20)30-23-11-9-22(10-12-23)26-25-21(7-4-8-24(25)31-32-26)13-17-33-15-2-1-3-16-33/h4-12,14,18H,1-3,13,15-17,19H2,(H,31,32)(H2,29,30,34). The number of H-pyrrole nitrogens is 1. The van der Waals surface area contributed by atoms with E-state index < -0.39 is 0 Å². The number of nitrogens with zero attached hydrogens (tertiary/aromatic N) is 3. The van der Waals surface area contributed by atoms with Gasteiger partial charge in [0.25, 0.3) is 0 Å². The highest BCUT2D eigenvalue weighted by molar-refractivity contribution is 5.96. The van der Waals surface area contributed by atoms with Crippen molar-refractivity contribution < 1.29 is 4.79 Å². The number of carbonyl (C=O) groups excluding carboxylic acids is 1. The van der Waals surface area contributed by atoms with Gasteiger partial charge in [0, 0.05) is 42.1 Å². The Bertz CT molecular complexity index is 1230. The van der Waals surface area contributed by atoms with Gasteiger partial charge in [-0.25, -0.2) is 4.79 Å². The maximum Gasteiger partial charge on any atom is 0.319 e. The number of fused-ring (bicyclic) bond motifs is 1. The number of urea groups is 1. The summed E-state index contributed by atoms with van der Waals surface area (Å²) in [6, 6.07) is 17.8. The molecule has 174 valence electrons. The molecule has 7 heteroatoms. The molecular weight excluding hydrogens is 424 g/mol. The smallest absolute Gasteiger partial charge is 0.319 e. The van der Waals surface area contributed by atoms with E-state index in [2.05, 4.69) is 48.9 Å². The van der Waals surface area contributed by atoms with Crippen molar-refractivity contribution in [3.8, 4) is 11.3 Å². The third-order valence-corrected chi connectivity index (χ3v) is 6.41. The minimum Gasteiger partial charge on any atom is -0.334 e. The second-order valence-corrected chi connectivity index (χ2v) is 8.81. The quantitative estimate of drug-likeness (QED) is 0.368. The Labute approximate surface area is 199 Å². The summed E-state index contributed by atoms with van der Waals surface area (Å²) in [7, 11) is 0. The van der Waals surface area contributed by atoms with Crippen molar-refractivity contribution in [2.75, 3.05) is 25.0 Å². The lowest BCUT2D eigenvalue weighted by Gasteiger charge is -2.26. The molecule has 5 rings (SSSR count). The number of nitrogens with one attached hydrogen (secondary N) is 3. The lowest BCUT2D eigenvalue weighted by Crippen LogP contribution is -2.31. The van der Waals surface area contributed by atoms with Crippen molar-refractivity contribution in [1.82, 2.24) is 25.4 Å². The molecule has 34 heavy (non-hydrogen) atoms. The number of aromatic nitrogens is 3. The molecule has 3 N–H and O–H groups in total. The molecule has 0 unspecified atom stereocenters. The minimum atomic E-state index is -0.248. The van der Waals surface area contributed by atoms with E-state index in [1.54, 1.807) is 12.4 Å². The van der Waals surface area contributed by atoms with Gasteiger partial charge in [-0.1, -0.05) is 36.8 Å². The average Bonchev–Trinajstić information content (AvgIpc) is 3.33. The fourth-order valence-electron chi connectivity index (χ4n) is 4.60. The van der Waals surface area contributed by atoms with Gasteiger partial charge in [-0.15, -0.1) is 0 Å². The van der Waals surface area contributed by atoms with Crippen LogP contribution in [-0.4, -0.2) is 45.7 Å². The van der Waals surface area contributed by atoms with Crippen molar-refractivity contribution in [2.45, 2.75) is 32.2 Å². The Balaban J connectivity index is 1.26. The summed E-state index contributed by atoms with van der Waals surface area (Å²) in [5, 5.41) is 14.8. The molecule has 1 aliphatic heterocycles. The molecule has 4 aromatic rings. The lowest BCUT2D eigenvalue weighted by atomic mass is 10.0.